The first-order valence-electron chi connectivity index (χ1n) is 8.18. The average molecular weight is 380 g/mol. The average Bonchev–Trinajstić information content (AvgIpc) is 2.60. The number of halogens is 1. The van der Waals surface area contributed by atoms with Gasteiger partial charge >= 0.3 is 0 Å². The van der Waals surface area contributed by atoms with E-state index in [4.69, 9.17) is 11.6 Å². The van der Waals surface area contributed by atoms with Crippen molar-refractivity contribution in [2.75, 3.05) is 5.75 Å². The Balaban J connectivity index is 1.78. The summed E-state index contributed by atoms with van der Waals surface area (Å²) in [5, 5.41) is 3.33. The number of aryl methyl sites for hydroxylation is 1. The van der Waals surface area contributed by atoms with Crippen LogP contribution in [0.5, 0.6) is 0 Å². The van der Waals surface area contributed by atoms with Crippen LogP contribution >= 0.6 is 11.6 Å². The highest BCUT2D eigenvalue weighted by molar-refractivity contribution is 7.91. The van der Waals surface area contributed by atoms with Gasteiger partial charge in [0.25, 0.3) is 0 Å². The molecule has 0 saturated carbocycles. The molecule has 134 valence electrons. The lowest BCUT2D eigenvalue weighted by atomic mass is 10.1. The number of benzene rings is 2. The Kier molecular flexibility index (Phi) is 7.02. The molecule has 4 nitrogen and oxygen atoms in total. The Labute approximate surface area is 154 Å². The highest BCUT2D eigenvalue weighted by atomic mass is 35.5. The molecule has 2 aromatic carbocycles. The fraction of sp³-hybridized carbons (Fsp3) is 0.316. The second-order valence-corrected chi connectivity index (χ2v) is 8.56. The van der Waals surface area contributed by atoms with Crippen molar-refractivity contribution in [3.8, 4) is 0 Å². The van der Waals surface area contributed by atoms with Crippen molar-refractivity contribution in [2.24, 2.45) is 0 Å². The van der Waals surface area contributed by atoms with Crippen LogP contribution in [-0.4, -0.2) is 26.1 Å². The van der Waals surface area contributed by atoms with Crippen molar-refractivity contribution < 1.29 is 13.2 Å². The summed E-state index contributed by atoms with van der Waals surface area (Å²) in [7, 11) is -3.48. The van der Waals surface area contributed by atoms with Gasteiger partial charge in [0.2, 0.25) is 5.91 Å². The van der Waals surface area contributed by atoms with Gasteiger partial charge in [0.05, 0.1) is 10.6 Å². The lowest BCUT2D eigenvalue weighted by Gasteiger charge is -2.14. The summed E-state index contributed by atoms with van der Waals surface area (Å²) < 4.78 is 24.4. The fourth-order valence-corrected chi connectivity index (χ4v) is 3.80. The molecule has 6 heteroatoms. The zero-order chi connectivity index (χ0) is 18.3. The first kappa shape index (κ1) is 19.5. The summed E-state index contributed by atoms with van der Waals surface area (Å²) in [5.41, 5.74) is 1.22. The predicted octanol–water partition coefficient (Wildman–Crippen LogP) is 3.64. The van der Waals surface area contributed by atoms with Crippen molar-refractivity contribution in [3.63, 3.8) is 0 Å². The summed E-state index contributed by atoms with van der Waals surface area (Å²) in [6.45, 7) is 1.93. The summed E-state index contributed by atoms with van der Waals surface area (Å²) in [6.07, 6.45) is 1.62. The zero-order valence-electron chi connectivity index (χ0n) is 14.1. The number of amides is 1. The summed E-state index contributed by atoms with van der Waals surface area (Å²) >= 11 is 5.76. The van der Waals surface area contributed by atoms with Crippen LogP contribution < -0.4 is 5.32 Å². The highest BCUT2D eigenvalue weighted by Crippen LogP contribution is 2.16. The number of hydrogen-bond donors (Lipinski definition) is 1. The largest absolute Gasteiger partial charge is 0.354 e. The maximum atomic E-state index is 12.2. The summed E-state index contributed by atoms with van der Waals surface area (Å²) in [5.74, 6) is -0.468. The van der Waals surface area contributed by atoms with E-state index in [0.29, 0.717) is 5.02 Å². The molecule has 1 atom stereocenters. The number of carbonyl (C=O) groups is 1. The minimum atomic E-state index is -3.48. The number of hydrogen-bond acceptors (Lipinski definition) is 3. The van der Waals surface area contributed by atoms with Crippen molar-refractivity contribution in [1.29, 1.82) is 0 Å². The molecule has 0 heterocycles. The second-order valence-electron chi connectivity index (χ2n) is 6.02. The van der Waals surface area contributed by atoms with Crippen LogP contribution in [0.4, 0.5) is 0 Å². The minimum Gasteiger partial charge on any atom is -0.354 e. The van der Waals surface area contributed by atoms with Crippen LogP contribution in [-0.2, 0) is 21.1 Å². The van der Waals surface area contributed by atoms with Crippen molar-refractivity contribution in [1.82, 2.24) is 5.32 Å². The number of rotatable bonds is 8. The standard InChI is InChI=1S/C19H22ClNO3S/c1-15(7-8-16-5-3-2-4-6-16)21-19(22)13-14-25(23,24)18-11-9-17(20)10-12-18/h2-6,9-12,15H,7-8,13-14H2,1H3,(H,21,22). The van der Waals surface area contributed by atoms with E-state index in [0.717, 1.165) is 12.8 Å². The molecule has 0 aliphatic heterocycles. The van der Waals surface area contributed by atoms with Gasteiger partial charge < -0.3 is 5.32 Å². The summed E-state index contributed by atoms with van der Waals surface area (Å²) in [4.78, 5) is 12.2. The van der Waals surface area contributed by atoms with E-state index in [-0.39, 0.29) is 29.0 Å². The quantitative estimate of drug-likeness (QED) is 0.761. The molecule has 1 amide bonds. The van der Waals surface area contributed by atoms with Gasteiger partial charge in [-0.05, 0) is 49.6 Å². The summed E-state index contributed by atoms with van der Waals surface area (Å²) in [6, 6.07) is 16.0. The maximum absolute atomic E-state index is 12.2. The molecule has 2 aromatic rings. The Morgan fingerprint density at radius 2 is 1.72 bits per heavy atom. The van der Waals surface area contributed by atoms with Crippen molar-refractivity contribution in [3.05, 3.63) is 65.2 Å². The molecule has 0 spiro atoms. The Morgan fingerprint density at radius 1 is 1.08 bits per heavy atom. The Hall–Kier alpha value is -1.85. The second kappa shape index (κ2) is 9.02. The zero-order valence-corrected chi connectivity index (χ0v) is 15.7. The molecule has 0 aromatic heterocycles. The number of carbonyl (C=O) groups excluding carboxylic acids is 1. The van der Waals surface area contributed by atoms with Crippen molar-refractivity contribution >= 4 is 27.3 Å². The monoisotopic (exact) mass is 379 g/mol. The van der Waals surface area contributed by atoms with Gasteiger partial charge in [-0.2, -0.15) is 0 Å². The smallest absolute Gasteiger partial charge is 0.221 e. The molecule has 0 saturated heterocycles. The molecule has 0 aliphatic carbocycles. The van der Waals surface area contributed by atoms with E-state index in [1.807, 2.05) is 37.3 Å². The van der Waals surface area contributed by atoms with Crippen LogP contribution in [0.25, 0.3) is 0 Å². The van der Waals surface area contributed by atoms with E-state index < -0.39 is 9.84 Å². The normalized spacial score (nSPS) is 12.6. The van der Waals surface area contributed by atoms with Crippen molar-refractivity contribution in [2.45, 2.75) is 37.1 Å². The molecule has 1 unspecified atom stereocenters. The third-order valence-electron chi connectivity index (χ3n) is 3.89. The van der Waals surface area contributed by atoms with E-state index in [2.05, 4.69) is 5.32 Å². The molecular formula is C19H22ClNO3S. The first-order chi connectivity index (χ1) is 11.9. The topological polar surface area (TPSA) is 63.2 Å². The Bertz CT molecular complexity index is 789. The van der Waals surface area contributed by atoms with Gasteiger partial charge in [-0.25, -0.2) is 8.42 Å². The molecule has 0 aliphatic rings. The van der Waals surface area contributed by atoms with Gasteiger partial charge in [0.15, 0.2) is 9.84 Å². The van der Waals surface area contributed by atoms with E-state index in [1.165, 1.54) is 29.8 Å². The van der Waals surface area contributed by atoms with Crippen LogP contribution in [0, 0.1) is 0 Å². The maximum Gasteiger partial charge on any atom is 0.221 e. The first-order valence-corrected chi connectivity index (χ1v) is 10.2. The lowest BCUT2D eigenvalue weighted by molar-refractivity contribution is -0.121. The van der Waals surface area contributed by atoms with Crippen LogP contribution in [0.15, 0.2) is 59.5 Å². The third kappa shape index (κ3) is 6.52. The predicted molar refractivity (Wildman–Crippen MR) is 100 cm³/mol. The van der Waals surface area contributed by atoms with E-state index >= 15 is 0 Å². The molecule has 1 N–H and O–H groups in total. The number of sulfone groups is 1. The SMILES string of the molecule is CC(CCc1ccccc1)NC(=O)CCS(=O)(=O)c1ccc(Cl)cc1. The van der Waals surface area contributed by atoms with Crippen LogP contribution in [0.2, 0.25) is 5.02 Å². The van der Waals surface area contributed by atoms with Crippen LogP contribution in [0.1, 0.15) is 25.3 Å². The van der Waals surface area contributed by atoms with Gasteiger partial charge in [0.1, 0.15) is 0 Å². The van der Waals surface area contributed by atoms with Crippen LogP contribution in [0.3, 0.4) is 0 Å². The molecule has 0 bridgehead atoms. The van der Waals surface area contributed by atoms with Gasteiger partial charge in [-0.15, -0.1) is 0 Å². The number of nitrogens with one attached hydrogen (secondary N) is 1. The fourth-order valence-electron chi connectivity index (χ4n) is 2.43. The minimum absolute atomic E-state index is 0.00839. The van der Waals surface area contributed by atoms with Gasteiger partial charge in [-0.3, -0.25) is 4.79 Å². The third-order valence-corrected chi connectivity index (χ3v) is 5.87. The van der Waals surface area contributed by atoms with E-state index in [1.54, 1.807) is 0 Å². The highest BCUT2D eigenvalue weighted by Gasteiger charge is 2.17. The molecular weight excluding hydrogens is 358 g/mol. The molecule has 25 heavy (non-hydrogen) atoms. The molecule has 0 radical (unpaired) electrons. The van der Waals surface area contributed by atoms with E-state index in [9.17, 15) is 13.2 Å². The molecule has 2 rings (SSSR count). The lowest BCUT2D eigenvalue weighted by Crippen LogP contribution is -2.33. The molecule has 0 fully saturated rings. The van der Waals surface area contributed by atoms with Gasteiger partial charge in [-0.1, -0.05) is 41.9 Å². The Morgan fingerprint density at radius 3 is 2.36 bits per heavy atom. The van der Waals surface area contributed by atoms with Gasteiger partial charge in [0, 0.05) is 17.5 Å².